The predicted octanol–water partition coefficient (Wildman–Crippen LogP) is 2.24. The first-order chi connectivity index (χ1) is 10.8. The minimum Gasteiger partial charge on any atom is -0.295 e. The molecular weight excluding hydrogens is 311 g/mol. The highest BCUT2D eigenvalue weighted by Gasteiger charge is 2.46. The fraction of sp³-hybridized carbons (Fsp3) is 0.500. The van der Waals surface area contributed by atoms with Crippen LogP contribution < -0.4 is 4.90 Å². The topological polar surface area (TPSA) is 56.0 Å². The zero-order chi connectivity index (χ0) is 16.8. The molecule has 0 radical (unpaired) electrons. The molecule has 0 fully saturated rings. The molecule has 1 aliphatic rings. The van der Waals surface area contributed by atoms with Crippen LogP contribution in [0.4, 0.5) is 19.0 Å². The zero-order valence-electron chi connectivity index (χ0n) is 12.7. The van der Waals surface area contributed by atoms with Gasteiger partial charge in [-0.3, -0.25) is 14.4 Å². The smallest absolute Gasteiger partial charge is 0.295 e. The van der Waals surface area contributed by atoms with Gasteiger partial charge in [-0.05, 0) is 25.8 Å². The Bertz CT molecular complexity index is 733. The second-order valence-electron chi connectivity index (χ2n) is 5.70. The average Bonchev–Trinajstić information content (AvgIpc) is 3.01. The van der Waals surface area contributed by atoms with E-state index >= 15 is 0 Å². The van der Waals surface area contributed by atoms with Gasteiger partial charge < -0.3 is 0 Å². The molecule has 0 N–H and O–H groups in total. The van der Waals surface area contributed by atoms with Crippen LogP contribution in [0.3, 0.4) is 0 Å². The van der Waals surface area contributed by atoms with Crippen molar-refractivity contribution in [2.75, 3.05) is 11.4 Å². The summed E-state index contributed by atoms with van der Waals surface area (Å²) in [5, 5.41) is 7.96. The Labute approximate surface area is 130 Å². The molecule has 0 saturated carbocycles. The van der Waals surface area contributed by atoms with Gasteiger partial charge in [0.25, 0.3) is 0 Å². The largest absolute Gasteiger partial charge is 0.410 e. The number of aromatic nitrogens is 4. The summed E-state index contributed by atoms with van der Waals surface area (Å²) in [4.78, 5) is 13.8. The third-order valence-corrected chi connectivity index (χ3v) is 3.77. The summed E-state index contributed by atoms with van der Waals surface area (Å²) in [5.74, 6) is -0.125. The Kier molecular flexibility index (Phi) is 3.65. The number of alkyl halides is 3. The number of rotatable bonds is 2. The van der Waals surface area contributed by atoms with E-state index in [4.69, 9.17) is 0 Å². The van der Waals surface area contributed by atoms with Crippen molar-refractivity contribution in [3.63, 3.8) is 0 Å². The molecule has 3 rings (SSSR count). The van der Waals surface area contributed by atoms with Crippen LogP contribution in [-0.4, -0.2) is 38.2 Å². The van der Waals surface area contributed by atoms with Gasteiger partial charge in [0.2, 0.25) is 5.91 Å². The molecule has 0 spiro atoms. The molecule has 23 heavy (non-hydrogen) atoms. The number of carbonyl (C=O) groups excluding carboxylic acids is 1. The molecule has 6 nitrogen and oxygen atoms in total. The van der Waals surface area contributed by atoms with E-state index in [0.717, 1.165) is 10.2 Å². The first-order valence-corrected chi connectivity index (χ1v) is 7.18. The second-order valence-corrected chi connectivity index (χ2v) is 5.70. The monoisotopic (exact) mass is 327 g/mol. The maximum absolute atomic E-state index is 13.1. The third kappa shape index (κ3) is 2.95. The van der Waals surface area contributed by atoms with E-state index in [1.807, 2.05) is 6.92 Å². The number of halogens is 3. The summed E-state index contributed by atoms with van der Waals surface area (Å²) in [6.45, 7) is 3.45. The Hall–Kier alpha value is -2.32. The number of nitrogens with zero attached hydrogens (tertiary/aromatic N) is 5. The average molecular weight is 327 g/mol. The van der Waals surface area contributed by atoms with E-state index < -0.39 is 12.2 Å². The molecule has 0 bridgehead atoms. The molecule has 2 aromatic rings. The van der Waals surface area contributed by atoms with E-state index in [9.17, 15) is 18.0 Å². The first-order valence-electron chi connectivity index (χ1n) is 7.18. The fourth-order valence-corrected chi connectivity index (χ4v) is 2.75. The lowest BCUT2D eigenvalue weighted by atomic mass is 10.1. The molecule has 0 aliphatic carbocycles. The van der Waals surface area contributed by atoms with Gasteiger partial charge in [-0.2, -0.15) is 23.4 Å². The Morgan fingerprint density at radius 1 is 1.39 bits per heavy atom. The van der Waals surface area contributed by atoms with Crippen molar-refractivity contribution in [2.45, 2.75) is 39.0 Å². The molecule has 0 aromatic carbocycles. The molecular formula is C14H16F3N5O. The van der Waals surface area contributed by atoms with E-state index in [2.05, 4.69) is 10.2 Å². The molecule has 0 saturated heterocycles. The number of anilines is 1. The van der Waals surface area contributed by atoms with Crippen LogP contribution >= 0.6 is 0 Å². The van der Waals surface area contributed by atoms with Crippen molar-refractivity contribution in [2.24, 2.45) is 0 Å². The number of carbonyl (C=O) groups is 1. The lowest BCUT2D eigenvalue weighted by Gasteiger charge is -2.33. The third-order valence-electron chi connectivity index (χ3n) is 3.77. The first kappa shape index (κ1) is 15.6. The summed E-state index contributed by atoms with van der Waals surface area (Å²) in [6, 6.07) is -0.188. The van der Waals surface area contributed by atoms with Crippen LogP contribution in [0.1, 0.15) is 23.7 Å². The molecule has 3 heterocycles. The van der Waals surface area contributed by atoms with E-state index in [-0.39, 0.29) is 31.2 Å². The van der Waals surface area contributed by atoms with Gasteiger partial charge >= 0.3 is 6.18 Å². The fourth-order valence-electron chi connectivity index (χ4n) is 2.75. The summed E-state index contributed by atoms with van der Waals surface area (Å²) in [6.07, 6.45) is -1.26. The van der Waals surface area contributed by atoms with Gasteiger partial charge in [-0.15, -0.1) is 0 Å². The molecule has 1 amide bonds. The molecule has 0 unspecified atom stereocenters. The van der Waals surface area contributed by atoms with Crippen LogP contribution in [0.25, 0.3) is 0 Å². The molecule has 1 aliphatic heterocycles. The minimum atomic E-state index is -4.39. The summed E-state index contributed by atoms with van der Waals surface area (Å²) in [7, 11) is 0. The molecule has 9 heteroatoms. The summed E-state index contributed by atoms with van der Waals surface area (Å²) < 4.78 is 41.8. The number of aryl methyl sites for hydroxylation is 2. The summed E-state index contributed by atoms with van der Waals surface area (Å²) >= 11 is 0. The number of amides is 1. The van der Waals surface area contributed by atoms with Gasteiger partial charge in [0.15, 0.2) is 6.04 Å². The van der Waals surface area contributed by atoms with Crippen LogP contribution in [0.5, 0.6) is 0 Å². The van der Waals surface area contributed by atoms with Gasteiger partial charge in [-0.1, -0.05) is 0 Å². The zero-order valence-corrected chi connectivity index (χ0v) is 12.7. The SMILES string of the molecule is Cc1cnn(CC(=O)N2CC[C@@H](C(F)(F)F)n3nc(C)cc32)c1. The Morgan fingerprint density at radius 2 is 2.13 bits per heavy atom. The minimum absolute atomic E-state index is 0.00833. The number of hydrogen-bond donors (Lipinski definition) is 0. The van der Waals surface area contributed by atoms with Crippen molar-refractivity contribution in [3.8, 4) is 0 Å². The lowest BCUT2D eigenvalue weighted by Crippen LogP contribution is -2.44. The van der Waals surface area contributed by atoms with Crippen molar-refractivity contribution in [3.05, 3.63) is 29.7 Å². The van der Waals surface area contributed by atoms with Gasteiger partial charge in [0.05, 0.1) is 11.9 Å². The molecule has 2 aromatic heterocycles. The maximum Gasteiger partial charge on any atom is 0.410 e. The van der Waals surface area contributed by atoms with Gasteiger partial charge in [-0.25, -0.2) is 4.68 Å². The van der Waals surface area contributed by atoms with Gasteiger partial charge in [0, 0.05) is 18.8 Å². The quantitative estimate of drug-likeness (QED) is 0.850. The van der Waals surface area contributed by atoms with Crippen molar-refractivity contribution < 1.29 is 18.0 Å². The second kappa shape index (κ2) is 5.39. The van der Waals surface area contributed by atoms with Crippen LogP contribution in [0, 0.1) is 13.8 Å². The maximum atomic E-state index is 13.1. The van der Waals surface area contributed by atoms with Crippen LogP contribution in [-0.2, 0) is 11.3 Å². The normalized spacial score (nSPS) is 18.1. The standard InChI is InChI=1S/C14H16F3N5O/c1-9-6-18-20(7-9)8-13(23)21-4-3-11(14(15,16)17)22-12(21)5-10(2)19-22/h5-7,11H,3-4,8H2,1-2H3/t11-/m0/s1. The van der Waals surface area contributed by atoms with Crippen LogP contribution in [0.2, 0.25) is 0 Å². The van der Waals surface area contributed by atoms with E-state index in [1.165, 1.54) is 15.6 Å². The van der Waals surface area contributed by atoms with E-state index in [0.29, 0.717) is 5.69 Å². The Balaban J connectivity index is 1.87. The lowest BCUT2D eigenvalue weighted by molar-refractivity contribution is -0.173. The van der Waals surface area contributed by atoms with Crippen molar-refractivity contribution in [1.82, 2.24) is 19.6 Å². The highest BCUT2D eigenvalue weighted by atomic mass is 19.4. The van der Waals surface area contributed by atoms with E-state index in [1.54, 1.807) is 19.3 Å². The number of hydrogen-bond acceptors (Lipinski definition) is 3. The Morgan fingerprint density at radius 3 is 2.74 bits per heavy atom. The van der Waals surface area contributed by atoms with Crippen LogP contribution in [0.15, 0.2) is 18.5 Å². The highest BCUT2D eigenvalue weighted by Crippen LogP contribution is 2.39. The molecule has 124 valence electrons. The van der Waals surface area contributed by atoms with Crippen molar-refractivity contribution >= 4 is 11.7 Å². The highest BCUT2D eigenvalue weighted by molar-refractivity contribution is 5.92. The predicted molar refractivity (Wildman–Crippen MR) is 76.0 cm³/mol. The number of fused-ring (bicyclic) bond motifs is 1. The summed E-state index contributed by atoms with van der Waals surface area (Å²) in [5.41, 5.74) is 1.36. The molecule has 1 atom stereocenters. The van der Waals surface area contributed by atoms with Gasteiger partial charge in [0.1, 0.15) is 12.4 Å². The van der Waals surface area contributed by atoms with Crippen molar-refractivity contribution in [1.29, 1.82) is 0 Å².